The van der Waals surface area contributed by atoms with Crippen LogP contribution in [-0.2, 0) is 15.7 Å². The van der Waals surface area contributed by atoms with Crippen molar-refractivity contribution >= 4 is 23.3 Å². The molecule has 3 heterocycles. The highest BCUT2D eigenvalue weighted by molar-refractivity contribution is 6.13. The molecule has 2 N–H and O–H groups in total. The maximum absolute atomic E-state index is 12.9. The van der Waals surface area contributed by atoms with Gasteiger partial charge in [-0.1, -0.05) is 0 Å². The summed E-state index contributed by atoms with van der Waals surface area (Å²) < 4.78 is 42.9. The quantitative estimate of drug-likeness (QED) is 0.608. The predicted molar refractivity (Wildman–Crippen MR) is 91.4 cm³/mol. The number of carbonyl (C=O) groups is 2. The van der Waals surface area contributed by atoms with Crippen LogP contribution in [0, 0.1) is 0 Å². The van der Waals surface area contributed by atoms with E-state index in [2.05, 4.69) is 15.3 Å². The second kappa shape index (κ2) is 7.29. The zero-order valence-corrected chi connectivity index (χ0v) is 14.4. The van der Waals surface area contributed by atoms with E-state index in [9.17, 15) is 27.9 Å². The smallest absolute Gasteiger partial charge is 0.433 e. The number of esters is 1. The Bertz CT molecular complexity index is 955. The monoisotopic (exact) mass is 393 g/mol. The number of fused-ring (bicyclic) bond motifs is 1. The number of nitrogens with zero attached hydrogens (tertiary/aromatic N) is 2. The number of rotatable bonds is 4. The Morgan fingerprint density at radius 1 is 1.25 bits per heavy atom. The van der Waals surface area contributed by atoms with Crippen molar-refractivity contribution in [3.05, 3.63) is 59.1 Å². The number of aliphatic hydroxyl groups excluding tert-OH is 1. The number of halogens is 3. The first-order valence-electron chi connectivity index (χ1n) is 8.13. The third kappa shape index (κ3) is 3.53. The summed E-state index contributed by atoms with van der Waals surface area (Å²) in [6.07, 6.45) is -2.47. The fourth-order valence-electron chi connectivity index (χ4n) is 2.70. The van der Waals surface area contributed by atoms with Crippen LogP contribution in [0.15, 0.2) is 42.2 Å². The lowest BCUT2D eigenvalue weighted by Crippen LogP contribution is -2.39. The highest BCUT2D eigenvalue weighted by atomic mass is 19.4. The van der Waals surface area contributed by atoms with Gasteiger partial charge in [-0.25, -0.2) is 9.78 Å². The van der Waals surface area contributed by atoms with E-state index in [0.29, 0.717) is 6.07 Å². The molecule has 1 aliphatic heterocycles. The molecule has 0 aromatic carbocycles. The molecule has 7 nitrogen and oxygen atoms in total. The van der Waals surface area contributed by atoms with Gasteiger partial charge in [-0.2, -0.15) is 13.2 Å². The summed E-state index contributed by atoms with van der Waals surface area (Å²) in [5.41, 5.74) is -1.50. The molecule has 2 aromatic heterocycles. The molecule has 1 unspecified atom stereocenters. The van der Waals surface area contributed by atoms with Gasteiger partial charge in [0.1, 0.15) is 28.9 Å². The topological polar surface area (TPSA) is 101 Å². The van der Waals surface area contributed by atoms with E-state index in [0.717, 1.165) is 12.3 Å². The van der Waals surface area contributed by atoms with Crippen LogP contribution < -0.4 is 5.32 Å². The maximum Gasteiger partial charge on any atom is 0.433 e. The molecule has 0 amide bonds. The van der Waals surface area contributed by atoms with Crippen molar-refractivity contribution in [1.29, 1.82) is 0 Å². The Morgan fingerprint density at radius 2 is 2.00 bits per heavy atom. The van der Waals surface area contributed by atoms with Crippen LogP contribution >= 0.6 is 0 Å². The van der Waals surface area contributed by atoms with Gasteiger partial charge < -0.3 is 15.2 Å². The zero-order valence-electron chi connectivity index (χ0n) is 14.4. The number of Topliss-reactive ketones (excluding diaryl/α,β-unsaturated/α-hetero) is 1. The van der Waals surface area contributed by atoms with Crippen LogP contribution in [0.25, 0.3) is 5.76 Å². The summed E-state index contributed by atoms with van der Waals surface area (Å²) >= 11 is 0. The SMILES string of the molecule is CCOC(=O)C1=C(O)c2cccnc2NC1C(=O)c1ccc(C(F)(F)F)nc1. The van der Waals surface area contributed by atoms with Gasteiger partial charge in [0.25, 0.3) is 0 Å². The highest BCUT2D eigenvalue weighted by Gasteiger charge is 2.38. The van der Waals surface area contributed by atoms with Crippen molar-refractivity contribution in [2.45, 2.75) is 19.1 Å². The van der Waals surface area contributed by atoms with Gasteiger partial charge in [-0.05, 0) is 31.2 Å². The van der Waals surface area contributed by atoms with Crippen LogP contribution in [0.2, 0.25) is 0 Å². The first kappa shape index (κ1) is 19.3. The molecule has 0 saturated heterocycles. The number of hydrogen-bond donors (Lipinski definition) is 2. The summed E-state index contributed by atoms with van der Waals surface area (Å²) in [6, 6.07) is 3.23. The molecule has 10 heteroatoms. The van der Waals surface area contributed by atoms with Crippen LogP contribution in [0.3, 0.4) is 0 Å². The lowest BCUT2D eigenvalue weighted by atomic mass is 9.92. The molecule has 2 aromatic rings. The van der Waals surface area contributed by atoms with E-state index >= 15 is 0 Å². The Kier molecular flexibility index (Phi) is 5.04. The summed E-state index contributed by atoms with van der Waals surface area (Å²) in [4.78, 5) is 32.5. The normalized spacial score (nSPS) is 16.2. The van der Waals surface area contributed by atoms with Crippen molar-refractivity contribution in [1.82, 2.24) is 9.97 Å². The minimum absolute atomic E-state index is 0.00173. The minimum Gasteiger partial charge on any atom is -0.507 e. The summed E-state index contributed by atoms with van der Waals surface area (Å²) in [5.74, 6) is -2.04. The molecule has 0 saturated carbocycles. The van der Waals surface area contributed by atoms with E-state index in [1.807, 2.05) is 0 Å². The molecule has 28 heavy (non-hydrogen) atoms. The van der Waals surface area contributed by atoms with Gasteiger partial charge in [0.2, 0.25) is 0 Å². The highest BCUT2D eigenvalue weighted by Crippen LogP contribution is 2.33. The Morgan fingerprint density at radius 3 is 2.61 bits per heavy atom. The molecule has 0 bridgehead atoms. The van der Waals surface area contributed by atoms with Gasteiger partial charge in [0.05, 0.1) is 12.2 Å². The number of pyridine rings is 2. The first-order chi connectivity index (χ1) is 13.2. The van der Waals surface area contributed by atoms with Gasteiger partial charge in [0, 0.05) is 18.0 Å². The predicted octanol–water partition coefficient (Wildman–Crippen LogP) is 3.00. The van der Waals surface area contributed by atoms with Crippen LogP contribution in [0.1, 0.15) is 28.5 Å². The maximum atomic E-state index is 12.9. The number of ether oxygens (including phenoxy) is 1. The van der Waals surface area contributed by atoms with Gasteiger partial charge in [-0.15, -0.1) is 0 Å². The second-order valence-electron chi connectivity index (χ2n) is 5.75. The van der Waals surface area contributed by atoms with Crippen molar-refractivity contribution in [2.75, 3.05) is 11.9 Å². The zero-order chi connectivity index (χ0) is 20.5. The summed E-state index contributed by atoms with van der Waals surface area (Å²) in [7, 11) is 0. The fraction of sp³-hybridized carbons (Fsp3) is 0.222. The molecule has 0 fully saturated rings. The lowest BCUT2D eigenvalue weighted by Gasteiger charge is -2.27. The van der Waals surface area contributed by atoms with Gasteiger partial charge in [-0.3, -0.25) is 9.78 Å². The van der Waals surface area contributed by atoms with Gasteiger partial charge in [0.15, 0.2) is 5.78 Å². The Balaban J connectivity index is 2.02. The largest absolute Gasteiger partial charge is 0.507 e. The molecule has 146 valence electrons. The number of aliphatic hydroxyl groups is 1. The number of hydrogen-bond acceptors (Lipinski definition) is 7. The van der Waals surface area contributed by atoms with Gasteiger partial charge >= 0.3 is 12.1 Å². The lowest BCUT2D eigenvalue weighted by molar-refractivity contribution is -0.141. The number of alkyl halides is 3. The second-order valence-corrected chi connectivity index (χ2v) is 5.75. The first-order valence-corrected chi connectivity index (χ1v) is 8.13. The third-order valence-corrected chi connectivity index (χ3v) is 3.98. The number of anilines is 1. The van der Waals surface area contributed by atoms with Crippen LogP contribution in [0.4, 0.5) is 19.0 Å². The Hall–Kier alpha value is -3.43. The summed E-state index contributed by atoms with van der Waals surface area (Å²) in [5, 5.41) is 13.2. The standard InChI is InChI=1S/C18H14F3N3O4/c1-2-28-17(27)12-13(24-16-10(15(12)26)4-3-7-22-16)14(25)9-5-6-11(23-8-9)18(19,20)21/h3-8,13,26H,2H2,1H3,(H,22,24). The molecular weight excluding hydrogens is 379 g/mol. The van der Waals surface area contributed by atoms with Crippen molar-refractivity contribution in [3.8, 4) is 0 Å². The summed E-state index contributed by atoms with van der Waals surface area (Å²) in [6.45, 7) is 1.55. The van der Waals surface area contributed by atoms with Crippen molar-refractivity contribution in [2.24, 2.45) is 0 Å². The molecule has 1 aliphatic rings. The molecular formula is C18H14F3N3O4. The molecule has 3 rings (SSSR count). The molecule has 0 radical (unpaired) electrons. The van der Waals surface area contributed by atoms with E-state index in [1.54, 1.807) is 6.92 Å². The van der Waals surface area contributed by atoms with E-state index < -0.39 is 35.4 Å². The number of aromatic nitrogens is 2. The van der Waals surface area contributed by atoms with Crippen molar-refractivity contribution in [3.63, 3.8) is 0 Å². The third-order valence-electron chi connectivity index (χ3n) is 3.98. The van der Waals surface area contributed by atoms with Crippen LogP contribution in [-0.4, -0.2) is 39.5 Å². The average molecular weight is 393 g/mol. The number of ketones is 1. The van der Waals surface area contributed by atoms with Crippen molar-refractivity contribution < 1.29 is 32.6 Å². The van der Waals surface area contributed by atoms with E-state index in [4.69, 9.17) is 4.74 Å². The van der Waals surface area contributed by atoms with Crippen LogP contribution in [0.5, 0.6) is 0 Å². The van der Waals surface area contributed by atoms with E-state index in [1.165, 1.54) is 18.3 Å². The fourth-order valence-corrected chi connectivity index (χ4v) is 2.70. The van der Waals surface area contributed by atoms with E-state index in [-0.39, 0.29) is 29.1 Å². The number of nitrogens with one attached hydrogen (secondary N) is 1. The average Bonchev–Trinajstić information content (AvgIpc) is 2.67. The number of carbonyl (C=O) groups excluding carboxylic acids is 2. The Labute approximate surface area is 156 Å². The molecule has 1 atom stereocenters. The molecule has 0 spiro atoms. The molecule has 0 aliphatic carbocycles. The minimum atomic E-state index is -4.65.